The second-order valence-electron chi connectivity index (χ2n) is 18.1. The van der Waals surface area contributed by atoms with Gasteiger partial charge in [0.25, 0.3) is 0 Å². The van der Waals surface area contributed by atoms with E-state index in [1.807, 2.05) is 12.1 Å². The third-order valence-electron chi connectivity index (χ3n) is 14.5. The average Bonchev–Trinajstić information content (AvgIpc) is 4.17. The van der Waals surface area contributed by atoms with Crippen molar-refractivity contribution >= 4 is 128 Å². The third kappa shape index (κ3) is 5.32. The van der Waals surface area contributed by atoms with E-state index < -0.39 is 0 Å². The Kier molecular flexibility index (Phi) is 8.21. The summed E-state index contributed by atoms with van der Waals surface area (Å²) in [7, 11) is 0. The molecular weight excluding hydrogens is 889 g/mol. The van der Waals surface area contributed by atoms with E-state index in [1.165, 1.54) is 29.6 Å². The van der Waals surface area contributed by atoms with E-state index in [0.717, 1.165) is 104 Å². The van der Waals surface area contributed by atoms with Crippen LogP contribution in [-0.2, 0) is 0 Å². The molecule has 0 bridgehead atoms. The lowest BCUT2D eigenvalue weighted by molar-refractivity contribution is 1.13. The summed E-state index contributed by atoms with van der Waals surface area (Å²) in [5.74, 6) is 0. The van der Waals surface area contributed by atoms with E-state index in [0.29, 0.717) is 16.7 Å². The molecule has 4 heterocycles. The van der Waals surface area contributed by atoms with Gasteiger partial charge >= 0.3 is 0 Å². The van der Waals surface area contributed by atoms with Crippen LogP contribution in [0.5, 0.6) is 0 Å². The van der Waals surface area contributed by atoms with Gasteiger partial charge in [-0.2, -0.15) is 10.5 Å². The molecule has 11 aromatic carbocycles. The molecule has 0 fully saturated rings. The Bertz CT molecular complexity index is 4640. The van der Waals surface area contributed by atoms with Gasteiger partial charge in [0, 0.05) is 73.0 Å². The van der Waals surface area contributed by atoms with Gasteiger partial charge in [0.05, 0.1) is 44.6 Å². The minimum absolute atomic E-state index is 0.435. The fourth-order valence-corrected chi connectivity index (χ4v) is 13.9. The van der Waals surface area contributed by atoms with Gasteiger partial charge in [-0.1, -0.05) is 158 Å². The van der Waals surface area contributed by atoms with E-state index in [9.17, 15) is 10.5 Å². The molecule has 0 saturated carbocycles. The number of nitrogens with zero attached hydrogens (tertiary/aromatic N) is 4. The molecule has 322 valence electrons. The number of hydrogen-bond donors (Lipinski definition) is 0. The zero-order valence-electron chi connectivity index (χ0n) is 37.2. The SMILES string of the molecule is N#Cc1c(-c2ccc3ccccc3c2)c(C#N)c(-n2c3ccccc3c3ccc4sc5ccccc5c4c32)c(-c2ccc3ccccc3c2)c1-n1c2ccccc2c2ccc3sc4ccccc4c3c21. The number of hydrogen-bond acceptors (Lipinski definition) is 4. The van der Waals surface area contributed by atoms with Gasteiger partial charge in [-0.05, 0) is 81.2 Å². The Morgan fingerprint density at radius 2 is 0.729 bits per heavy atom. The predicted octanol–water partition coefficient (Wildman–Crippen LogP) is 18.0. The van der Waals surface area contributed by atoms with Crippen molar-refractivity contribution in [1.82, 2.24) is 9.13 Å². The molecule has 0 spiro atoms. The zero-order chi connectivity index (χ0) is 46.2. The van der Waals surface area contributed by atoms with Crippen LogP contribution in [-0.4, -0.2) is 9.13 Å². The summed E-state index contributed by atoms with van der Waals surface area (Å²) in [5.41, 5.74) is 9.48. The van der Waals surface area contributed by atoms with Gasteiger partial charge < -0.3 is 9.13 Å². The van der Waals surface area contributed by atoms with Crippen molar-refractivity contribution in [3.8, 4) is 45.8 Å². The summed E-state index contributed by atoms with van der Waals surface area (Å²) in [6, 6.07) is 79.0. The van der Waals surface area contributed by atoms with Gasteiger partial charge in [-0.3, -0.25) is 0 Å². The van der Waals surface area contributed by atoms with E-state index in [-0.39, 0.29) is 0 Å². The minimum Gasteiger partial charge on any atom is -0.306 e. The summed E-state index contributed by atoms with van der Waals surface area (Å²) in [4.78, 5) is 0. The number of rotatable bonds is 4. The highest BCUT2D eigenvalue weighted by atomic mass is 32.1. The molecule has 0 atom stereocenters. The van der Waals surface area contributed by atoms with Crippen molar-refractivity contribution in [1.29, 1.82) is 10.5 Å². The molecule has 15 rings (SSSR count). The Balaban J connectivity index is 1.27. The first-order valence-corrected chi connectivity index (χ1v) is 25.0. The third-order valence-corrected chi connectivity index (χ3v) is 16.8. The Morgan fingerprint density at radius 1 is 0.329 bits per heavy atom. The summed E-state index contributed by atoms with van der Waals surface area (Å²) in [6.45, 7) is 0. The van der Waals surface area contributed by atoms with Crippen LogP contribution in [0.25, 0.3) is 139 Å². The van der Waals surface area contributed by atoms with E-state index >= 15 is 0 Å². The van der Waals surface area contributed by atoms with Crippen molar-refractivity contribution in [2.75, 3.05) is 0 Å². The van der Waals surface area contributed by atoms with E-state index in [4.69, 9.17) is 0 Å². The molecule has 70 heavy (non-hydrogen) atoms. The molecule has 0 radical (unpaired) electrons. The van der Waals surface area contributed by atoms with Crippen LogP contribution < -0.4 is 0 Å². The smallest absolute Gasteiger partial charge is 0.102 e. The first kappa shape index (κ1) is 39.0. The summed E-state index contributed by atoms with van der Waals surface area (Å²) in [6.07, 6.45) is 0. The average molecular weight is 923 g/mol. The lowest BCUT2D eigenvalue weighted by atomic mass is 9.85. The maximum absolute atomic E-state index is 12.2. The molecule has 15 aromatic rings. The standard InChI is InChI=1S/C64H34N4S2/c65-35-49-57(41-27-25-37-13-1-3-15-39(37)33-41)50(36-66)64(68-52-22-10-6-18-44(52)46-30-32-56-60(62(46)68)48-20-8-12-24-54(48)70-56)58(42-28-26-38-14-2-4-16-40(38)34-42)63(49)67-51-21-9-5-17-43(51)45-29-31-55-59(61(45)67)47-19-7-11-23-53(47)69-55/h1-34H. The summed E-state index contributed by atoms with van der Waals surface area (Å²) in [5, 5.41) is 37.8. The van der Waals surface area contributed by atoms with Crippen LogP contribution in [0.4, 0.5) is 0 Å². The lowest BCUT2D eigenvalue weighted by Crippen LogP contribution is -2.11. The monoisotopic (exact) mass is 922 g/mol. The Labute approximate surface area is 408 Å². The molecule has 0 N–H and O–H groups in total. The normalized spacial score (nSPS) is 12.0. The number of thiophene rings is 2. The molecule has 0 saturated heterocycles. The first-order valence-electron chi connectivity index (χ1n) is 23.4. The number of nitriles is 2. The van der Waals surface area contributed by atoms with Crippen LogP contribution in [0.1, 0.15) is 11.1 Å². The van der Waals surface area contributed by atoms with E-state index in [2.05, 4.69) is 215 Å². The molecule has 4 nitrogen and oxygen atoms in total. The van der Waals surface area contributed by atoms with Crippen LogP contribution in [0.3, 0.4) is 0 Å². The summed E-state index contributed by atoms with van der Waals surface area (Å²) < 4.78 is 9.50. The molecule has 0 aliphatic carbocycles. The topological polar surface area (TPSA) is 57.4 Å². The fraction of sp³-hybridized carbons (Fsp3) is 0. The molecule has 0 aliphatic heterocycles. The number of fused-ring (bicyclic) bond motifs is 16. The molecular formula is C64H34N4S2. The van der Waals surface area contributed by atoms with Crippen LogP contribution in [0.15, 0.2) is 206 Å². The largest absolute Gasteiger partial charge is 0.306 e. The number of para-hydroxylation sites is 2. The molecule has 0 aliphatic rings. The Hall–Kier alpha value is -9.04. The van der Waals surface area contributed by atoms with Gasteiger partial charge in [0.15, 0.2) is 0 Å². The van der Waals surface area contributed by atoms with Crippen molar-refractivity contribution in [3.05, 3.63) is 217 Å². The van der Waals surface area contributed by atoms with Crippen LogP contribution in [0, 0.1) is 22.7 Å². The second-order valence-corrected chi connectivity index (χ2v) is 20.3. The highest BCUT2D eigenvalue weighted by Crippen LogP contribution is 2.52. The van der Waals surface area contributed by atoms with Crippen molar-refractivity contribution in [2.24, 2.45) is 0 Å². The van der Waals surface area contributed by atoms with E-state index in [1.54, 1.807) is 22.7 Å². The van der Waals surface area contributed by atoms with Gasteiger partial charge in [0.1, 0.15) is 12.1 Å². The fourth-order valence-electron chi connectivity index (χ4n) is 11.6. The zero-order valence-corrected chi connectivity index (χ0v) is 38.9. The predicted molar refractivity (Wildman–Crippen MR) is 296 cm³/mol. The molecule has 0 amide bonds. The summed E-state index contributed by atoms with van der Waals surface area (Å²) >= 11 is 3.58. The highest BCUT2D eigenvalue weighted by molar-refractivity contribution is 7.26. The van der Waals surface area contributed by atoms with Crippen LogP contribution >= 0.6 is 22.7 Å². The maximum atomic E-state index is 12.2. The van der Waals surface area contributed by atoms with Crippen molar-refractivity contribution in [2.45, 2.75) is 0 Å². The van der Waals surface area contributed by atoms with Gasteiger partial charge in [0.2, 0.25) is 0 Å². The van der Waals surface area contributed by atoms with Gasteiger partial charge in [-0.25, -0.2) is 0 Å². The second kappa shape index (κ2) is 14.7. The number of aromatic nitrogens is 2. The molecule has 4 aromatic heterocycles. The minimum atomic E-state index is 0.435. The van der Waals surface area contributed by atoms with Gasteiger partial charge in [-0.15, -0.1) is 22.7 Å². The lowest BCUT2D eigenvalue weighted by Gasteiger charge is -2.26. The Morgan fingerprint density at radius 3 is 1.20 bits per heavy atom. The quantitative estimate of drug-likeness (QED) is 0.177. The molecule has 0 unspecified atom stereocenters. The number of benzene rings is 11. The first-order chi connectivity index (χ1) is 34.7. The molecule has 6 heteroatoms. The van der Waals surface area contributed by atoms with Crippen molar-refractivity contribution < 1.29 is 0 Å². The van der Waals surface area contributed by atoms with Crippen LogP contribution in [0.2, 0.25) is 0 Å². The van der Waals surface area contributed by atoms with Crippen molar-refractivity contribution in [3.63, 3.8) is 0 Å². The highest BCUT2D eigenvalue weighted by Gasteiger charge is 2.33. The maximum Gasteiger partial charge on any atom is 0.102 e.